The highest BCUT2D eigenvalue weighted by Gasteiger charge is 2.23. The molecule has 1 heterocycles. The first kappa shape index (κ1) is 17.0. The molecule has 0 unspecified atom stereocenters. The summed E-state index contributed by atoms with van der Waals surface area (Å²) in [5.41, 5.74) is 2.23. The number of phenols is 1. The molecule has 2 N–H and O–H groups in total. The summed E-state index contributed by atoms with van der Waals surface area (Å²) in [4.78, 5) is 14.5. The summed E-state index contributed by atoms with van der Waals surface area (Å²) in [5, 5.41) is 21.3. The second kappa shape index (κ2) is 7.82. The molecule has 2 aromatic carbocycles. The molecule has 2 aromatic rings. The highest BCUT2D eigenvalue weighted by Crippen LogP contribution is 2.20. The number of carbonyl (C=O) groups is 1. The molecule has 0 aliphatic carbocycles. The van der Waals surface area contributed by atoms with E-state index in [-0.39, 0.29) is 5.91 Å². The maximum atomic E-state index is 12.2. The van der Waals surface area contributed by atoms with Crippen molar-refractivity contribution >= 4 is 5.91 Å². The lowest BCUT2D eigenvalue weighted by molar-refractivity contribution is 0.0947. The molecule has 1 saturated heterocycles. The Balaban J connectivity index is 1.46. The average Bonchev–Trinajstić information content (AvgIpc) is 3.07. The minimum atomic E-state index is -0.101. The SMILES string of the molecule is N#Cc1ccc(C(=O)NC[C@H]2CCN(Cc3cccc(O)c3)C2)cc1. The molecule has 128 valence electrons. The molecule has 5 heteroatoms. The first-order chi connectivity index (χ1) is 12.1. The van der Waals surface area contributed by atoms with Gasteiger partial charge in [-0.15, -0.1) is 0 Å². The van der Waals surface area contributed by atoms with Gasteiger partial charge in [0.25, 0.3) is 5.91 Å². The van der Waals surface area contributed by atoms with Gasteiger partial charge in [-0.2, -0.15) is 5.26 Å². The van der Waals surface area contributed by atoms with Crippen LogP contribution in [-0.4, -0.2) is 35.5 Å². The Bertz CT molecular complexity index is 780. The number of amides is 1. The van der Waals surface area contributed by atoms with E-state index in [4.69, 9.17) is 5.26 Å². The Morgan fingerprint density at radius 3 is 2.80 bits per heavy atom. The van der Waals surface area contributed by atoms with Crippen LogP contribution in [0.15, 0.2) is 48.5 Å². The maximum Gasteiger partial charge on any atom is 0.251 e. The molecular formula is C20H21N3O2. The number of hydrogen-bond acceptors (Lipinski definition) is 4. The van der Waals surface area contributed by atoms with Crippen molar-refractivity contribution in [1.29, 1.82) is 5.26 Å². The molecule has 1 aliphatic heterocycles. The van der Waals surface area contributed by atoms with Crippen molar-refractivity contribution in [3.8, 4) is 11.8 Å². The van der Waals surface area contributed by atoms with Crippen molar-refractivity contribution < 1.29 is 9.90 Å². The lowest BCUT2D eigenvalue weighted by Gasteiger charge is -2.16. The minimum absolute atomic E-state index is 0.101. The van der Waals surface area contributed by atoms with Crippen molar-refractivity contribution in [2.45, 2.75) is 13.0 Å². The Morgan fingerprint density at radius 1 is 1.28 bits per heavy atom. The van der Waals surface area contributed by atoms with Gasteiger partial charge in [0, 0.05) is 25.2 Å². The van der Waals surface area contributed by atoms with Crippen LogP contribution < -0.4 is 5.32 Å². The largest absolute Gasteiger partial charge is 0.508 e. The Morgan fingerprint density at radius 2 is 2.08 bits per heavy atom. The number of carbonyl (C=O) groups excluding carboxylic acids is 1. The molecule has 0 radical (unpaired) electrons. The number of rotatable bonds is 5. The van der Waals surface area contributed by atoms with Gasteiger partial charge < -0.3 is 10.4 Å². The van der Waals surface area contributed by atoms with E-state index in [1.807, 2.05) is 18.2 Å². The maximum absolute atomic E-state index is 12.2. The van der Waals surface area contributed by atoms with Gasteiger partial charge in [0.05, 0.1) is 11.6 Å². The fourth-order valence-corrected chi connectivity index (χ4v) is 3.17. The van der Waals surface area contributed by atoms with Crippen LogP contribution in [0.25, 0.3) is 0 Å². The van der Waals surface area contributed by atoms with Crippen LogP contribution in [0, 0.1) is 17.2 Å². The summed E-state index contributed by atoms with van der Waals surface area (Å²) < 4.78 is 0. The molecule has 1 aliphatic rings. The molecule has 0 aromatic heterocycles. The van der Waals surface area contributed by atoms with Crippen molar-refractivity contribution in [1.82, 2.24) is 10.2 Å². The predicted molar refractivity (Wildman–Crippen MR) is 95.0 cm³/mol. The topological polar surface area (TPSA) is 76.4 Å². The Kier molecular flexibility index (Phi) is 5.32. The molecule has 3 rings (SSSR count). The third kappa shape index (κ3) is 4.59. The summed E-state index contributed by atoms with van der Waals surface area (Å²) in [6, 6.07) is 16.0. The summed E-state index contributed by atoms with van der Waals surface area (Å²) in [6.45, 7) is 3.39. The smallest absolute Gasteiger partial charge is 0.251 e. The number of benzene rings is 2. The van der Waals surface area contributed by atoms with Gasteiger partial charge in [0.15, 0.2) is 0 Å². The molecule has 1 fully saturated rings. The summed E-state index contributed by atoms with van der Waals surface area (Å²) >= 11 is 0. The summed E-state index contributed by atoms with van der Waals surface area (Å²) in [7, 11) is 0. The number of hydrogen-bond donors (Lipinski definition) is 2. The zero-order chi connectivity index (χ0) is 17.6. The second-order valence-corrected chi connectivity index (χ2v) is 6.46. The van der Waals surface area contributed by atoms with Crippen LogP contribution in [0.3, 0.4) is 0 Å². The predicted octanol–water partition coefficient (Wildman–Crippen LogP) is 2.52. The molecule has 0 spiro atoms. The Labute approximate surface area is 147 Å². The molecule has 1 atom stereocenters. The first-order valence-electron chi connectivity index (χ1n) is 8.42. The van der Waals surface area contributed by atoms with E-state index in [0.717, 1.165) is 31.6 Å². The molecule has 5 nitrogen and oxygen atoms in total. The van der Waals surface area contributed by atoms with Gasteiger partial charge >= 0.3 is 0 Å². The number of likely N-dealkylation sites (tertiary alicyclic amines) is 1. The third-order valence-corrected chi connectivity index (χ3v) is 4.51. The van der Waals surface area contributed by atoms with Gasteiger partial charge in [0.1, 0.15) is 5.75 Å². The van der Waals surface area contributed by atoms with Crippen LogP contribution in [0.4, 0.5) is 0 Å². The molecule has 0 saturated carbocycles. The van der Waals surface area contributed by atoms with Crippen molar-refractivity contribution in [3.05, 3.63) is 65.2 Å². The van der Waals surface area contributed by atoms with Crippen LogP contribution in [-0.2, 0) is 6.54 Å². The highest BCUT2D eigenvalue weighted by atomic mass is 16.3. The number of nitriles is 1. The first-order valence-corrected chi connectivity index (χ1v) is 8.42. The zero-order valence-corrected chi connectivity index (χ0v) is 14.0. The fourth-order valence-electron chi connectivity index (χ4n) is 3.17. The molecular weight excluding hydrogens is 314 g/mol. The van der Waals surface area contributed by atoms with E-state index < -0.39 is 0 Å². The van der Waals surface area contributed by atoms with Gasteiger partial charge in [-0.25, -0.2) is 0 Å². The van der Waals surface area contributed by atoms with Crippen molar-refractivity contribution in [2.75, 3.05) is 19.6 Å². The number of nitrogens with zero attached hydrogens (tertiary/aromatic N) is 2. The van der Waals surface area contributed by atoms with Crippen molar-refractivity contribution in [3.63, 3.8) is 0 Å². The summed E-state index contributed by atoms with van der Waals surface area (Å²) in [5.74, 6) is 0.624. The standard InChI is InChI=1S/C20H21N3O2/c21-11-15-4-6-18(7-5-15)20(25)22-12-17-8-9-23(14-17)13-16-2-1-3-19(24)10-16/h1-7,10,17,24H,8-9,12-14H2,(H,22,25)/t17-/m1/s1. The minimum Gasteiger partial charge on any atom is -0.508 e. The van der Waals surface area contributed by atoms with E-state index >= 15 is 0 Å². The van der Waals surface area contributed by atoms with E-state index in [2.05, 4.69) is 10.2 Å². The van der Waals surface area contributed by atoms with E-state index in [1.165, 1.54) is 0 Å². The second-order valence-electron chi connectivity index (χ2n) is 6.46. The lowest BCUT2D eigenvalue weighted by atomic mass is 10.1. The Hall–Kier alpha value is -2.84. The fraction of sp³-hybridized carbons (Fsp3) is 0.300. The number of nitrogens with one attached hydrogen (secondary N) is 1. The zero-order valence-electron chi connectivity index (χ0n) is 14.0. The summed E-state index contributed by atoms with van der Waals surface area (Å²) in [6.07, 6.45) is 1.05. The molecule has 0 bridgehead atoms. The van der Waals surface area contributed by atoms with Gasteiger partial charge in [-0.1, -0.05) is 12.1 Å². The van der Waals surface area contributed by atoms with Crippen molar-refractivity contribution in [2.24, 2.45) is 5.92 Å². The molecule has 25 heavy (non-hydrogen) atoms. The van der Waals surface area contributed by atoms with Crippen LogP contribution >= 0.6 is 0 Å². The van der Waals surface area contributed by atoms with Crippen LogP contribution in [0.5, 0.6) is 5.75 Å². The van der Waals surface area contributed by atoms with Gasteiger partial charge in [-0.05, 0) is 60.8 Å². The van der Waals surface area contributed by atoms with E-state index in [0.29, 0.717) is 29.3 Å². The van der Waals surface area contributed by atoms with E-state index in [1.54, 1.807) is 36.4 Å². The van der Waals surface area contributed by atoms with E-state index in [9.17, 15) is 9.90 Å². The average molecular weight is 335 g/mol. The quantitative estimate of drug-likeness (QED) is 0.880. The third-order valence-electron chi connectivity index (χ3n) is 4.51. The highest BCUT2D eigenvalue weighted by molar-refractivity contribution is 5.94. The van der Waals surface area contributed by atoms with Gasteiger partial charge in [0.2, 0.25) is 0 Å². The lowest BCUT2D eigenvalue weighted by Crippen LogP contribution is -2.30. The van der Waals surface area contributed by atoms with Crippen LogP contribution in [0.2, 0.25) is 0 Å². The number of phenolic OH excluding ortho intramolecular Hbond substituents is 1. The number of aromatic hydroxyl groups is 1. The van der Waals surface area contributed by atoms with Gasteiger partial charge in [-0.3, -0.25) is 9.69 Å². The normalized spacial score (nSPS) is 17.2. The monoisotopic (exact) mass is 335 g/mol. The van der Waals surface area contributed by atoms with Crippen LogP contribution in [0.1, 0.15) is 27.9 Å². The molecule has 1 amide bonds.